The maximum atomic E-state index is 11.9. The van der Waals surface area contributed by atoms with E-state index >= 15 is 0 Å². The van der Waals surface area contributed by atoms with Crippen molar-refractivity contribution in [3.05, 3.63) is 65.2 Å². The summed E-state index contributed by atoms with van der Waals surface area (Å²) < 4.78 is 5.20. The van der Waals surface area contributed by atoms with E-state index in [1.807, 2.05) is 30.3 Å². The average molecular weight is 419 g/mol. The van der Waals surface area contributed by atoms with E-state index in [4.69, 9.17) is 28.6 Å². The number of thiocarbonyl (C=S) groups is 1. The topological polar surface area (TPSA) is 67.4 Å². The van der Waals surface area contributed by atoms with E-state index in [2.05, 4.69) is 10.6 Å². The normalized spacial score (nSPS) is 10.2. The molecule has 0 fully saturated rings. The Bertz CT molecular complexity index is 782. The van der Waals surface area contributed by atoms with Crippen LogP contribution in [0.4, 0.5) is 5.69 Å². The van der Waals surface area contributed by atoms with Gasteiger partial charge < -0.3 is 15.4 Å². The SMILES string of the molecule is O=C(CCCC(=O)OCCCc1ccccc1)NC(=S)Nc1ccc(Cl)cc1. The summed E-state index contributed by atoms with van der Waals surface area (Å²) in [6.45, 7) is 0.384. The van der Waals surface area contributed by atoms with E-state index in [-0.39, 0.29) is 29.8 Å². The highest BCUT2D eigenvalue weighted by molar-refractivity contribution is 7.80. The van der Waals surface area contributed by atoms with Crippen LogP contribution in [0.2, 0.25) is 5.02 Å². The van der Waals surface area contributed by atoms with Crippen LogP contribution in [-0.4, -0.2) is 23.6 Å². The van der Waals surface area contributed by atoms with Crippen LogP contribution in [0.15, 0.2) is 54.6 Å². The van der Waals surface area contributed by atoms with E-state index < -0.39 is 0 Å². The lowest BCUT2D eigenvalue weighted by Gasteiger charge is -2.09. The molecule has 5 nitrogen and oxygen atoms in total. The summed E-state index contributed by atoms with van der Waals surface area (Å²) in [6.07, 6.45) is 2.46. The molecule has 2 aromatic rings. The van der Waals surface area contributed by atoms with Gasteiger partial charge in [0, 0.05) is 23.6 Å². The molecule has 0 aromatic heterocycles. The number of aryl methyl sites for hydroxylation is 1. The predicted molar refractivity (Wildman–Crippen MR) is 115 cm³/mol. The summed E-state index contributed by atoms with van der Waals surface area (Å²) in [5, 5.41) is 6.30. The molecule has 0 aliphatic rings. The fourth-order valence-corrected chi connectivity index (χ4v) is 2.81. The fraction of sp³-hybridized carbons (Fsp3) is 0.286. The van der Waals surface area contributed by atoms with Crippen molar-refractivity contribution >= 4 is 46.5 Å². The number of carbonyl (C=O) groups excluding carboxylic acids is 2. The Morgan fingerprint density at radius 1 is 0.964 bits per heavy atom. The molecule has 28 heavy (non-hydrogen) atoms. The highest BCUT2D eigenvalue weighted by Crippen LogP contribution is 2.13. The van der Waals surface area contributed by atoms with Crippen molar-refractivity contribution in [3.8, 4) is 0 Å². The molecule has 7 heteroatoms. The van der Waals surface area contributed by atoms with E-state index in [1.165, 1.54) is 5.56 Å². The second kappa shape index (κ2) is 12.1. The molecule has 0 saturated carbocycles. The Kier molecular flexibility index (Phi) is 9.45. The maximum Gasteiger partial charge on any atom is 0.305 e. The first-order chi connectivity index (χ1) is 13.5. The zero-order valence-electron chi connectivity index (χ0n) is 15.4. The molecule has 0 atom stereocenters. The van der Waals surface area contributed by atoms with Crippen LogP contribution in [-0.2, 0) is 20.7 Å². The summed E-state index contributed by atoms with van der Waals surface area (Å²) in [5.74, 6) is -0.536. The Labute approximate surface area is 175 Å². The van der Waals surface area contributed by atoms with Gasteiger partial charge in [-0.15, -0.1) is 0 Å². The minimum Gasteiger partial charge on any atom is -0.466 e. The number of hydrogen-bond acceptors (Lipinski definition) is 4. The highest BCUT2D eigenvalue weighted by atomic mass is 35.5. The molecule has 2 aromatic carbocycles. The van der Waals surface area contributed by atoms with E-state index in [0.717, 1.165) is 18.5 Å². The number of hydrogen-bond donors (Lipinski definition) is 2. The minimum absolute atomic E-state index is 0.196. The first-order valence-corrected chi connectivity index (χ1v) is 9.87. The number of halogens is 1. The van der Waals surface area contributed by atoms with Gasteiger partial charge in [0.15, 0.2) is 5.11 Å². The van der Waals surface area contributed by atoms with Gasteiger partial charge in [0.1, 0.15) is 0 Å². The van der Waals surface area contributed by atoms with Gasteiger partial charge in [-0.1, -0.05) is 41.9 Å². The summed E-state index contributed by atoms with van der Waals surface area (Å²) in [5.41, 5.74) is 1.95. The van der Waals surface area contributed by atoms with Crippen molar-refractivity contribution in [2.75, 3.05) is 11.9 Å². The molecule has 0 spiro atoms. The van der Waals surface area contributed by atoms with E-state index in [1.54, 1.807) is 24.3 Å². The zero-order chi connectivity index (χ0) is 20.2. The summed E-state index contributed by atoms with van der Waals surface area (Å²) >= 11 is 10.9. The maximum absolute atomic E-state index is 11.9. The van der Waals surface area contributed by atoms with Crippen LogP contribution in [0, 0.1) is 0 Å². The number of carbonyl (C=O) groups is 2. The summed E-state index contributed by atoms with van der Waals surface area (Å²) in [7, 11) is 0. The molecule has 0 bridgehead atoms. The molecule has 148 valence electrons. The molecular weight excluding hydrogens is 396 g/mol. The number of nitrogens with one attached hydrogen (secondary N) is 2. The summed E-state index contributed by atoms with van der Waals surface area (Å²) in [4.78, 5) is 23.6. The van der Waals surface area contributed by atoms with E-state index in [0.29, 0.717) is 18.1 Å². The number of anilines is 1. The van der Waals surface area contributed by atoms with Crippen molar-refractivity contribution in [2.24, 2.45) is 0 Å². The molecule has 2 N–H and O–H groups in total. The standard InChI is InChI=1S/C21H23ClN2O3S/c22-17-11-13-18(14-12-17)23-21(28)24-19(25)9-4-10-20(26)27-15-5-8-16-6-2-1-3-7-16/h1-3,6-7,11-14H,4-5,8-10,15H2,(H2,23,24,25,28). The zero-order valence-corrected chi connectivity index (χ0v) is 17.0. The van der Waals surface area contributed by atoms with Crippen molar-refractivity contribution in [3.63, 3.8) is 0 Å². The van der Waals surface area contributed by atoms with Gasteiger partial charge in [-0.2, -0.15) is 0 Å². The van der Waals surface area contributed by atoms with Gasteiger partial charge >= 0.3 is 5.97 Å². The average Bonchev–Trinajstić information content (AvgIpc) is 2.68. The van der Waals surface area contributed by atoms with Crippen LogP contribution in [0.25, 0.3) is 0 Å². The first-order valence-electron chi connectivity index (χ1n) is 9.09. The van der Waals surface area contributed by atoms with Gasteiger partial charge in [0.05, 0.1) is 6.61 Å². The second-order valence-corrected chi connectivity index (χ2v) is 7.02. The molecule has 0 radical (unpaired) electrons. The van der Waals surface area contributed by atoms with Crippen molar-refractivity contribution in [1.29, 1.82) is 0 Å². The van der Waals surface area contributed by atoms with Gasteiger partial charge in [-0.25, -0.2) is 0 Å². The molecule has 1 amide bonds. The monoisotopic (exact) mass is 418 g/mol. The molecule has 0 aliphatic heterocycles. The predicted octanol–water partition coefficient (Wildman–Crippen LogP) is 4.50. The Hall–Kier alpha value is -2.44. The third-order valence-corrected chi connectivity index (χ3v) is 4.31. The Balaban J connectivity index is 1.54. The lowest BCUT2D eigenvalue weighted by atomic mass is 10.1. The smallest absolute Gasteiger partial charge is 0.305 e. The Morgan fingerprint density at radius 3 is 2.39 bits per heavy atom. The number of rotatable bonds is 9. The molecule has 0 heterocycles. The minimum atomic E-state index is -0.289. The van der Waals surface area contributed by atoms with Crippen LogP contribution < -0.4 is 10.6 Å². The molecule has 2 rings (SSSR count). The van der Waals surface area contributed by atoms with Crippen LogP contribution in [0.1, 0.15) is 31.2 Å². The van der Waals surface area contributed by atoms with Crippen molar-refractivity contribution < 1.29 is 14.3 Å². The van der Waals surface area contributed by atoms with Gasteiger partial charge in [-0.05, 0) is 61.3 Å². The first kappa shape index (κ1) is 21.9. The van der Waals surface area contributed by atoms with E-state index in [9.17, 15) is 9.59 Å². The Morgan fingerprint density at radius 2 is 1.68 bits per heavy atom. The molecule has 0 unspecified atom stereocenters. The van der Waals surface area contributed by atoms with Crippen LogP contribution in [0.5, 0.6) is 0 Å². The largest absolute Gasteiger partial charge is 0.466 e. The van der Waals surface area contributed by atoms with Crippen LogP contribution in [0.3, 0.4) is 0 Å². The number of benzene rings is 2. The third-order valence-electron chi connectivity index (χ3n) is 3.86. The van der Waals surface area contributed by atoms with Crippen LogP contribution >= 0.6 is 23.8 Å². The number of amides is 1. The van der Waals surface area contributed by atoms with Gasteiger partial charge in [0.2, 0.25) is 5.91 Å². The molecular formula is C21H23ClN2O3S. The summed E-state index contributed by atoms with van der Waals surface area (Å²) in [6, 6.07) is 17.0. The number of esters is 1. The number of ether oxygens (including phenoxy) is 1. The molecule has 0 saturated heterocycles. The molecule has 0 aliphatic carbocycles. The fourth-order valence-electron chi connectivity index (χ4n) is 2.46. The van der Waals surface area contributed by atoms with Gasteiger partial charge in [-0.3, -0.25) is 9.59 Å². The second-order valence-electron chi connectivity index (χ2n) is 6.17. The van der Waals surface area contributed by atoms with Crippen molar-refractivity contribution in [2.45, 2.75) is 32.1 Å². The lowest BCUT2D eigenvalue weighted by Crippen LogP contribution is -2.34. The van der Waals surface area contributed by atoms with Crippen molar-refractivity contribution in [1.82, 2.24) is 5.32 Å². The lowest BCUT2D eigenvalue weighted by molar-refractivity contribution is -0.143. The quantitative estimate of drug-likeness (QED) is 0.356. The van der Waals surface area contributed by atoms with Gasteiger partial charge in [0.25, 0.3) is 0 Å². The third kappa shape index (κ3) is 8.97. The highest BCUT2D eigenvalue weighted by Gasteiger charge is 2.08.